The van der Waals surface area contributed by atoms with E-state index in [1.54, 1.807) is 48.5 Å². The fraction of sp³-hybridized carbons (Fsp3) is 0.316. The Morgan fingerprint density at radius 1 is 0.820 bits per heavy atom. The van der Waals surface area contributed by atoms with Gasteiger partial charge in [0.25, 0.3) is 10.0 Å². The Balaban J connectivity index is 1.61. The van der Waals surface area contributed by atoms with Gasteiger partial charge in [-0.15, -0.1) is 0 Å². The first-order chi connectivity index (χ1) is 24.1. The second-order valence-corrected chi connectivity index (χ2v) is 14.8. The molecule has 0 aliphatic heterocycles. The number of rotatable bonds is 14. The minimum absolute atomic E-state index is 0.0147. The van der Waals surface area contributed by atoms with Crippen LogP contribution < -0.4 is 19.1 Å². The zero-order chi connectivity index (χ0) is 35.7. The Hall–Kier alpha value is -4.25. The smallest absolute Gasteiger partial charge is 0.264 e. The number of hydrogen-bond donors (Lipinski definition) is 1. The van der Waals surface area contributed by atoms with Crippen molar-refractivity contribution in [3.05, 3.63) is 118 Å². The fourth-order valence-electron chi connectivity index (χ4n) is 6.18. The Kier molecular flexibility index (Phi) is 12.7. The lowest BCUT2D eigenvalue weighted by molar-refractivity contribution is -0.140. The first kappa shape index (κ1) is 37.0. The van der Waals surface area contributed by atoms with Crippen LogP contribution in [0.2, 0.25) is 10.0 Å². The maximum Gasteiger partial charge on any atom is 0.264 e. The van der Waals surface area contributed by atoms with Crippen LogP contribution in [0.15, 0.2) is 102 Å². The molecule has 5 rings (SSSR count). The summed E-state index contributed by atoms with van der Waals surface area (Å²) in [5.74, 6) is -0.299. The Morgan fingerprint density at radius 3 is 2.06 bits per heavy atom. The number of methoxy groups -OCH3 is 2. The average Bonchev–Trinajstić information content (AvgIpc) is 3.13. The number of hydrogen-bond acceptors (Lipinski definition) is 6. The van der Waals surface area contributed by atoms with Gasteiger partial charge in [0.05, 0.1) is 24.8 Å². The van der Waals surface area contributed by atoms with E-state index < -0.39 is 28.5 Å². The molecule has 2 amide bonds. The van der Waals surface area contributed by atoms with Gasteiger partial charge in [0, 0.05) is 40.7 Å². The number of benzene rings is 4. The van der Waals surface area contributed by atoms with E-state index in [2.05, 4.69) is 5.32 Å². The van der Waals surface area contributed by atoms with Crippen LogP contribution in [0.5, 0.6) is 11.5 Å². The molecular weight excluding hydrogens is 697 g/mol. The molecule has 1 atom stereocenters. The number of nitrogens with one attached hydrogen (secondary N) is 1. The van der Waals surface area contributed by atoms with Crippen LogP contribution in [0.25, 0.3) is 0 Å². The molecular formula is C38H41Cl2N3O6S. The van der Waals surface area contributed by atoms with Crippen LogP contribution in [0.1, 0.15) is 43.2 Å². The molecule has 4 aromatic rings. The van der Waals surface area contributed by atoms with Crippen molar-refractivity contribution in [3.8, 4) is 11.5 Å². The van der Waals surface area contributed by atoms with E-state index in [0.717, 1.165) is 42.0 Å². The van der Waals surface area contributed by atoms with Crippen molar-refractivity contribution in [2.24, 2.45) is 0 Å². The highest BCUT2D eigenvalue weighted by molar-refractivity contribution is 7.92. The van der Waals surface area contributed by atoms with Gasteiger partial charge in [0.2, 0.25) is 11.8 Å². The highest BCUT2D eigenvalue weighted by Crippen LogP contribution is 2.34. The van der Waals surface area contributed by atoms with Crippen molar-refractivity contribution in [3.63, 3.8) is 0 Å². The van der Waals surface area contributed by atoms with Gasteiger partial charge >= 0.3 is 0 Å². The third-order valence-corrected chi connectivity index (χ3v) is 11.4. The number of sulfonamides is 1. The molecule has 1 fully saturated rings. The van der Waals surface area contributed by atoms with Gasteiger partial charge in [-0.1, -0.05) is 97.1 Å². The van der Waals surface area contributed by atoms with E-state index in [1.807, 2.05) is 30.3 Å². The van der Waals surface area contributed by atoms with Gasteiger partial charge in [0.15, 0.2) is 11.5 Å². The van der Waals surface area contributed by atoms with E-state index in [-0.39, 0.29) is 41.2 Å². The summed E-state index contributed by atoms with van der Waals surface area (Å²) in [4.78, 5) is 30.5. The standard InChI is InChI=1S/C38H41Cl2N3O6S/c1-48-35-22-21-29(24-36(35)49-2)43(50(46,47)30-17-10-5-11-18-30)26-37(44)42(25-31-32(39)19-12-20-33(31)40)34(23-27-13-6-3-7-14-27)38(45)41-28-15-8-4-9-16-28/h3,5-7,10-14,17-22,24,28,34H,4,8-9,15-16,23,25-26H2,1-2H3,(H,41,45). The molecule has 0 heterocycles. The predicted molar refractivity (Wildman–Crippen MR) is 196 cm³/mol. The SMILES string of the molecule is COc1ccc(N(CC(=O)N(Cc2c(Cl)cccc2Cl)C(Cc2ccccc2)C(=O)NC2CCCCC2)S(=O)(=O)c2ccccc2)cc1OC. The van der Waals surface area contributed by atoms with Gasteiger partial charge in [-0.3, -0.25) is 13.9 Å². The van der Waals surface area contributed by atoms with E-state index in [1.165, 1.54) is 37.3 Å². The summed E-state index contributed by atoms with van der Waals surface area (Å²) >= 11 is 13.3. The lowest BCUT2D eigenvalue weighted by Gasteiger charge is -2.35. The normalized spacial score (nSPS) is 14.0. The minimum atomic E-state index is -4.31. The lowest BCUT2D eigenvalue weighted by Crippen LogP contribution is -2.55. The molecule has 50 heavy (non-hydrogen) atoms. The molecule has 264 valence electrons. The Bertz CT molecular complexity index is 1850. The fourth-order valence-corrected chi connectivity index (χ4v) is 8.12. The van der Waals surface area contributed by atoms with Gasteiger partial charge in [-0.2, -0.15) is 0 Å². The molecule has 1 unspecified atom stereocenters. The zero-order valence-corrected chi connectivity index (χ0v) is 30.4. The number of carbonyl (C=O) groups excluding carboxylic acids is 2. The topological polar surface area (TPSA) is 105 Å². The summed E-state index contributed by atoms with van der Waals surface area (Å²) in [6.45, 7) is -0.783. The number of carbonyl (C=O) groups is 2. The van der Waals surface area contributed by atoms with E-state index >= 15 is 0 Å². The van der Waals surface area contributed by atoms with Gasteiger partial charge in [0.1, 0.15) is 12.6 Å². The van der Waals surface area contributed by atoms with Crippen LogP contribution in [0, 0.1) is 0 Å². The van der Waals surface area contributed by atoms with Crippen molar-refractivity contribution < 1.29 is 27.5 Å². The molecule has 1 aliphatic carbocycles. The van der Waals surface area contributed by atoms with E-state index in [9.17, 15) is 18.0 Å². The van der Waals surface area contributed by atoms with E-state index in [0.29, 0.717) is 21.4 Å². The highest BCUT2D eigenvalue weighted by atomic mass is 35.5. The monoisotopic (exact) mass is 737 g/mol. The predicted octanol–water partition coefficient (Wildman–Crippen LogP) is 7.29. The molecule has 0 radical (unpaired) electrons. The molecule has 1 saturated carbocycles. The molecule has 4 aromatic carbocycles. The maximum atomic E-state index is 14.8. The highest BCUT2D eigenvalue weighted by Gasteiger charge is 2.36. The van der Waals surface area contributed by atoms with Crippen LogP contribution in [0.3, 0.4) is 0 Å². The van der Waals surface area contributed by atoms with Crippen molar-refractivity contribution >= 4 is 50.7 Å². The third kappa shape index (κ3) is 8.91. The molecule has 12 heteroatoms. The summed E-state index contributed by atoms with van der Waals surface area (Å²) in [6.07, 6.45) is 4.98. The van der Waals surface area contributed by atoms with Crippen molar-refractivity contribution in [2.75, 3.05) is 25.1 Å². The number of anilines is 1. The first-order valence-corrected chi connectivity index (χ1v) is 18.7. The van der Waals surface area contributed by atoms with E-state index in [4.69, 9.17) is 32.7 Å². The summed E-state index contributed by atoms with van der Waals surface area (Å²) in [5, 5.41) is 3.83. The molecule has 0 spiro atoms. The quantitative estimate of drug-likeness (QED) is 0.146. The minimum Gasteiger partial charge on any atom is -0.493 e. The molecule has 0 aromatic heterocycles. The van der Waals surface area contributed by atoms with Crippen LogP contribution in [-0.4, -0.2) is 58.0 Å². The third-order valence-electron chi connectivity index (χ3n) is 8.88. The summed E-state index contributed by atoms with van der Waals surface area (Å²) in [5.41, 5.74) is 1.44. The van der Waals surface area contributed by atoms with Crippen molar-refractivity contribution in [1.29, 1.82) is 0 Å². The first-order valence-electron chi connectivity index (χ1n) is 16.5. The number of halogens is 2. The van der Waals surface area contributed by atoms with Crippen molar-refractivity contribution in [2.45, 2.75) is 62.0 Å². The summed E-state index contributed by atoms with van der Waals surface area (Å²) < 4.78 is 40.6. The van der Waals surface area contributed by atoms with Gasteiger partial charge in [-0.05, 0) is 54.8 Å². The Morgan fingerprint density at radius 2 is 1.44 bits per heavy atom. The lowest BCUT2D eigenvalue weighted by atomic mass is 9.94. The van der Waals surface area contributed by atoms with Crippen LogP contribution in [-0.2, 0) is 32.6 Å². The summed E-state index contributed by atoms with van der Waals surface area (Å²) in [6, 6.07) is 25.8. The molecule has 1 aliphatic rings. The van der Waals surface area contributed by atoms with Crippen LogP contribution in [0.4, 0.5) is 5.69 Å². The summed E-state index contributed by atoms with van der Waals surface area (Å²) in [7, 11) is -1.39. The van der Waals surface area contributed by atoms with Crippen LogP contribution >= 0.6 is 23.2 Å². The average molecular weight is 739 g/mol. The Labute approximate surface area is 304 Å². The maximum absolute atomic E-state index is 14.8. The van der Waals surface area contributed by atoms with Crippen molar-refractivity contribution in [1.82, 2.24) is 10.2 Å². The molecule has 1 N–H and O–H groups in total. The molecule has 9 nitrogen and oxygen atoms in total. The number of nitrogens with zero attached hydrogens (tertiary/aromatic N) is 2. The number of ether oxygens (including phenoxy) is 2. The number of amides is 2. The molecule has 0 bridgehead atoms. The largest absolute Gasteiger partial charge is 0.493 e. The molecule has 0 saturated heterocycles. The second kappa shape index (κ2) is 17.1. The van der Waals surface area contributed by atoms with Gasteiger partial charge < -0.3 is 19.7 Å². The zero-order valence-electron chi connectivity index (χ0n) is 28.1. The van der Waals surface area contributed by atoms with Gasteiger partial charge in [-0.25, -0.2) is 8.42 Å². The second-order valence-electron chi connectivity index (χ2n) is 12.1.